The number of nitrogens with zero attached hydrogens (tertiary/aromatic N) is 3. The van der Waals surface area contributed by atoms with Gasteiger partial charge in [-0.1, -0.05) is 6.42 Å². The Morgan fingerprint density at radius 3 is 2.95 bits per heavy atom. The van der Waals surface area contributed by atoms with Crippen molar-refractivity contribution in [1.29, 1.82) is 0 Å². The summed E-state index contributed by atoms with van der Waals surface area (Å²) in [7, 11) is 0. The van der Waals surface area contributed by atoms with Crippen molar-refractivity contribution in [1.82, 2.24) is 25.4 Å². The highest BCUT2D eigenvalue weighted by Gasteiger charge is 2.29. The number of nitrogens with one attached hydrogen (secondary N) is 2. The van der Waals surface area contributed by atoms with Gasteiger partial charge in [-0.2, -0.15) is 0 Å². The van der Waals surface area contributed by atoms with Crippen molar-refractivity contribution in [3.8, 4) is 0 Å². The molecule has 21 heavy (non-hydrogen) atoms. The Hall–Kier alpha value is -1.92. The largest absolute Gasteiger partial charge is 0.345 e. The van der Waals surface area contributed by atoms with E-state index in [4.69, 9.17) is 0 Å². The Morgan fingerprint density at radius 1 is 1.33 bits per heavy atom. The molecule has 1 saturated heterocycles. The minimum atomic E-state index is -0.411. The summed E-state index contributed by atoms with van der Waals surface area (Å²) in [6.45, 7) is 2.83. The first-order chi connectivity index (χ1) is 10.1. The van der Waals surface area contributed by atoms with E-state index in [1.54, 1.807) is 0 Å². The third-order valence-electron chi connectivity index (χ3n) is 4.20. The van der Waals surface area contributed by atoms with Gasteiger partial charge in [0.1, 0.15) is 11.9 Å². The minimum absolute atomic E-state index is 0.0563. The van der Waals surface area contributed by atoms with Crippen LogP contribution in [0.1, 0.15) is 56.7 Å². The van der Waals surface area contributed by atoms with Crippen LogP contribution in [0.2, 0.25) is 0 Å². The molecule has 0 radical (unpaired) electrons. The molecular weight excluding hydrogens is 270 g/mol. The van der Waals surface area contributed by atoms with Crippen LogP contribution < -0.4 is 10.6 Å². The fourth-order valence-electron chi connectivity index (χ4n) is 3.02. The summed E-state index contributed by atoms with van der Waals surface area (Å²) in [6, 6.07) is -0.610. The van der Waals surface area contributed by atoms with Gasteiger partial charge in [-0.25, -0.2) is 0 Å². The maximum atomic E-state index is 12.1. The molecule has 2 aliphatic heterocycles. The topological polar surface area (TPSA) is 88.9 Å². The number of rotatable bonds is 3. The zero-order chi connectivity index (χ0) is 14.8. The van der Waals surface area contributed by atoms with E-state index in [-0.39, 0.29) is 17.9 Å². The van der Waals surface area contributed by atoms with E-state index in [9.17, 15) is 9.59 Å². The molecule has 1 fully saturated rings. The fourth-order valence-corrected chi connectivity index (χ4v) is 3.02. The molecule has 0 saturated carbocycles. The van der Waals surface area contributed by atoms with Crippen LogP contribution >= 0.6 is 0 Å². The first-order valence-corrected chi connectivity index (χ1v) is 7.67. The maximum Gasteiger partial charge on any atom is 0.243 e. The number of carbonyl (C=O) groups excluding carboxylic acids is 2. The Kier molecular flexibility index (Phi) is 3.90. The second-order valence-electron chi connectivity index (χ2n) is 5.83. The van der Waals surface area contributed by atoms with Crippen LogP contribution in [0.25, 0.3) is 0 Å². The number of aromatic nitrogens is 3. The smallest absolute Gasteiger partial charge is 0.243 e. The predicted octanol–water partition coefficient (Wildman–Crippen LogP) is 0.460. The summed E-state index contributed by atoms with van der Waals surface area (Å²) in [6.07, 6.45) is 5.41. The second kappa shape index (κ2) is 5.83. The number of hydrogen-bond donors (Lipinski definition) is 2. The molecule has 1 aromatic heterocycles. The Balaban J connectivity index is 1.68. The van der Waals surface area contributed by atoms with Gasteiger partial charge < -0.3 is 15.2 Å². The second-order valence-corrected chi connectivity index (χ2v) is 5.83. The summed E-state index contributed by atoms with van der Waals surface area (Å²) in [5.41, 5.74) is 0. The first kappa shape index (κ1) is 14.0. The van der Waals surface area contributed by atoms with Crippen molar-refractivity contribution in [3.05, 3.63) is 11.6 Å². The molecule has 0 aliphatic carbocycles. The van der Waals surface area contributed by atoms with Crippen LogP contribution in [-0.4, -0.2) is 32.6 Å². The van der Waals surface area contributed by atoms with Crippen LogP contribution in [0.5, 0.6) is 0 Å². The van der Waals surface area contributed by atoms with E-state index in [2.05, 4.69) is 25.4 Å². The molecule has 0 spiro atoms. The van der Waals surface area contributed by atoms with E-state index in [0.29, 0.717) is 12.8 Å². The van der Waals surface area contributed by atoms with E-state index < -0.39 is 6.04 Å². The summed E-state index contributed by atoms with van der Waals surface area (Å²) in [4.78, 5) is 23.3. The molecule has 2 amide bonds. The minimum Gasteiger partial charge on any atom is -0.345 e. The summed E-state index contributed by atoms with van der Waals surface area (Å²) in [5.74, 6) is 1.63. The van der Waals surface area contributed by atoms with Crippen molar-refractivity contribution in [2.75, 3.05) is 0 Å². The monoisotopic (exact) mass is 291 g/mol. The van der Waals surface area contributed by atoms with Gasteiger partial charge in [0.05, 0.1) is 6.04 Å². The molecule has 2 aliphatic rings. The highest BCUT2D eigenvalue weighted by Crippen LogP contribution is 2.19. The van der Waals surface area contributed by atoms with Gasteiger partial charge in [-0.05, 0) is 26.2 Å². The van der Waals surface area contributed by atoms with E-state index in [1.165, 1.54) is 6.42 Å². The zero-order valence-corrected chi connectivity index (χ0v) is 12.3. The molecule has 0 unspecified atom stereocenters. The van der Waals surface area contributed by atoms with Gasteiger partial charge in [0.15, 0.2) is 5.82 Å². The average molecular weight is 291 g/mol. The molecule has 7 nitrogen and oxygen atoms in total. The molecule has 7 heteroatoms. The van der Waals surface area contributed by atoms with E-state index >= 15 is 0 Å². The molecule has 3 rings (SSSR count). The lowest BCUT2D eigenvalue weighted by molar-refractivity contribution is -0.126. The number of fused-ring (bicyclic) bond motifs is 1. The Labute approximate surface area is 123 Å². The first-order valence-electron chi connectivity index (χ1n) is 7.67. The molecule has 2 atom stereocenters. The van der Waals surface area contributed by atoms with Gasteiger partial charge in [0.25, 0.3) is 0 Å². The fraction of sp³-hybridized carbons (Fsp3) is 0.714. The molecule has 0 aromatic carbocycles. The third kappa shape index (κ3) is 2.91. The van der Waals surface area contributed by atoms with Crippen LogP contribution in [0.15, 0.2) is 0 Å². The van der Waals surface area contributed by atoms with Crippen LogP contribution in [-0.2, 0) is 22.6 Å². The highest BCUT2D eigenvalue weighted by molar-refractivity contribution is 5.90. The van der Waals surface area contributed by atoms with Crippen LogP contribution in [0.3, 0.4) is 0 Å². The maximum absolute atomic E-state index is 12.1. The van der Waals surface area contributed by atoms with Crippen molar-refractivity contribution < 1.29 is 9.59 Å². The predicted molar refractivity (Wildman–Crippen MR) is 75.3 cm³/mol. The van der Waals surface area contributed by atoms with Crippen molar-refractivity contribution in [2.45, 2.75) is 64.1 Å². The number of carbonyl (C=O) groups is 2. The van der Waals surface area contributed by atoms with E-state index in [1.807, 2.05) is 6.92 Å². The van der Waals surface area contributed by atoms with Gasteiger partial charge in [0, 0.05) is 19.4 Å². The van der Waals surface area contributed by atoms with Gasteiger partial charge >= 0.3 is 0 Å². The molecule has 0 bridgehead atoms. The van der Waals surface area contributed by atoms with Crippen molar-refractivity contribution in [2.24, 2.45) is 0 Å². The lowest BCUT2D eigenvalue weighted by Gasteiger charge is -2.17. The zero-order valence-electron chi connectivity index (χ0n) is 12.3. The summed E-state index contributed by atoms with van der Waals surface area (Å²) in [5, 5.41) is 14.1. The SMILES string of the molecule is C[C@H](NC(=O)[C@H]1CCC(=O)N1)c1nnc2n1CCCCC2. The normalized spacial score (nSPS) is 23.1. The van der Waals surface area contributed by atoms with Gasteiger partial charge in [-0.3, -0.25) is 9.59 Å². The Bertz CT molecular complexity index is 554. The van der Waals surface area contributed by atoms with Crippen LogP contribution in [0, 0.1) is 0 Å². The molecule has 3 heterocycles. The number of hydrogen-bond acceptors (Lipinski definition) is 4. The highest BCUT2D eigenvalue weighted by atomic mass is 16.2. The Morgan fingerprint density at radius 2 is 2.19 bits per heavy atom. The lowest BCUT2D eigenvalue weighted by Crippen LogP contribution is -2.43. The summed E-state index contributed by atoms with van der Waals surface area (Å²) >= 11 is 0. The summed E-state index contributed by atoms with van der Waals surface area (Å²) < 4.78 is 2.13. The quantitative estimate of drug-likeness (QED) is 0.846. The van der Waals surface area contributed by atoms with Gasteiger partial charge in [0.2, 0.25) is 11.8 Å². The molecule has 114 valence electrons. The van der Waals surface area contributed by atoms with Crippen molar-refractivity contribution >= 4 is 11.8 Å². The van der Waals surface area contributed by atoms with Crippen molar-refractivity contribution in [3.63, 3.8) is 0 Å². The standard InChI is InChI=1S/C14H21N5O2/c1-9(15-14(21)10-6-7-12(20)16-10)13-18-17-11-5-3-2-4-8-19(11)13/h9-10H,2-8H2,1H3,(H,15,21)(H,16,20)/t9-,10+/m0/s1. The van der Waals surface area contributed by atoms with Gasteiger partial charge in [-0.15, -0.1) is 10.2 Å². The number of amides is 2. The molecule has 2 N–H and O–H groups in total. The molecule has 1 aromatic rings. The third-order valence-corrected chi connectivity index (χ3v) is 4.20. The number of aryl methyl sites for hydroxylation is 1. The lowest BCUT2D eigenvalue weighted by atomic mass is 10.2. The average Bonchev–Trinajstić information content (AvgIpc) is 2.99. The van der Waals surface area contributed by atoms with E-state index in [0.717, 1.165) is 37.5 Å². The van der Waals surface area contributed by atoms with Crippen LogP contribution in [0.4, 0.5) is 0 Å². The molecular formula is C14H21N5O2.